The second kappa shape index (κ2) is 32.4. The molecule has 5 saturated heterocycles. The third-order valence-electron chi connectivity index (χ3n) is 19.8. The summed E-state index contributed by atoms with van der Waals surface area (Å²) in [5, 5.41) is 9.19. The monoisotopic (exact) mass is 1500 g/mol. The van der Waals surface area contributed by atoms with Crippen LogP contribution in [0.3, 0.4) is 0 Å². The number of anilines is 3. The van der Waals surface area contributed by atoms with Gasteiger partial charge in [0.05, 0.1) is 69.1 Å². The molecule has 0 bridgehead atoms. The Morgan fingerprint density at radius 2 is 1.16 bits per heavy atom. The first-order valence-corrected chi connectivity index (χ1v) is 38.4. The first-order chi connectivity index (χ1) is 48.2. The number of rotatable bonds is 13. The summed E-state index contributed by atoms with van der Waals surface area (Å²) in [6.45, 7) is 26.9. The van der Waals surface area contributed by atoms with E-state index in [0.29, 0.717) is 59.9 Å². The number of carbonyl (C=O) groups excluding carboxylic acids is 2. The number of nitrogens with one attached hydrogen (secondary N) is 1. The van der Waals surface area contributed by atoms with Crippen LogP contribution < -0.4 is 29.9 Å². The van der Waals surface area contributed by atoms with E-state index in [4.69, 9.17) is 51.5 Å². The molecule has 5 aromatic heterocycles. The fourth-order valence-corrected chi connectivity index (χ4v) is 16.1. The minimum atomic E-state index is -3.76. The van der Waals surface area contributed by atoms with Crippen molar-refractivity contribution in [3.05, 3.63) is 129 Å². The highest BCUT2D eigenvalue weighted by Crippen LogP contribution is 2.36. The first kappa shape index (κ1) is 74.6. The Balaban J connectivity index is 0.000000136. The lowest BCUT2D eigenvalue weighted by Crippen LogP contribution is -2.48. The average molecular weight is 1500 g/mol. The zero-order chi connectivity index (χ0) is 71.8. The van der Waals surface area contributed by atoms with Crippen LogP contribution in [0.15, 0.2) is 106 Å². The number of H-pyrrole nitrogens is 1. The Morgan fingerprint density at radius 1 is 0.653 bits per heavy atom. The molecule has 3 aromatic carbocycles. The Morgan fingerprint density at radius 3 is 1.72 bits per heavy atom. The number of aromatic nitrogens is 10. The van der Waals surface area contributed by atoms with Crippen LogP contribution in [0, 0.1) is 22.4 Å². The van der Waals surface area contributed by atoms with Crippen LogP contribution >= 0.6 is 39.9 Å². The minimum absolute atomic E-state index is 0.0500. The van der Waals surface area contributed by atoms with Crippen LogP contribution in [0.2, 0.25) is 0 Å². The number of nitrogens with zero attached hydrogens (tertiary/aromatic N) is 15. The lowest BCUT2D eigenvalue weighted by Gasteiger charge is -2.37. The highest BCUT2D eigenvalue weighted by atomic mass is 79.9. The van der Waals surface area contributed by atoms with Crippen LogP contribution in [0.25, 0.3) is 22.3 Å². The first-order valence-electron chi connectivity index (χ1n) is 34.9. The van der Waals surface area contributed by atoms with Crippen molar-refractivity contribution in [3.8, 4) is 11.5 Å². The van der Waals surface area contributed by atoms with E-state index in [1.165, 1.54) is 31.9 Å². The summed E-state index contributed by atoms with van der Waals surface area (Å²) >= 11 is 10.7. The zero-order valence-corrected chi connectivity index (χ0v) is 63.9. The van der Waals surface area contributed by atoms with Gasteiger partial charge in [0.2, 0.25) is 11.8 Å². The van der Waals surface area contributed by atoms with Gasteiger partial charge in [-0.3, -0.25) is 28.5 Å². The largest absolute Gasteiger partial charge is 0.497 e. The Kier molecular flexibility index (Phi) is 23.9. The maximum atomic E-state index is 12.2. The number of halogens is 1. The minimum Gasteiger partial charge on any atom is -0.497 e. The van der Waals surface area contributed by atoms with E-state index in [-0.39, 0.29) is 22.2 Å². The van der Waals surface area contributed by atoms with E-state index < -0.39 is 16.2 Å². The number of aromatic amines is 1. The molecule has 0 aliphatic carbocycles. The molecular formula is C73H96BrN17O7S3. The molecule has 2 amide bonds. The SMILES string of the molecule is CC(=O)N1CCCC(OS(=O)(=O)c2ccc(C)cc2)C1.CC(=O)N1CCCC(SC2=NCc3nc(N4CCC(C)(N)CC4)cnc32)C1.COc1ccc(Cn2[nH]c(=S)c3ncc(N4CCC(C)(C)CC4)nc32)cc1.COc1ccc(Cn2nc(Br)c3ncc(N4CCC(C)(C)CC4)nc32)cc1. The van der Waals surface area contributed by atoms with Gasteiger partial charge in [-0.15, -0.1) is 0 Å². The normalized spacial score (nSPS) is 19.4. The lowest BCUT2D eigenvalue weighted by atomic mass is 9.83. The number of hydrogen-bond acceptors (Lipinski definition) is 21. The molecule has 6 aliphatic heterocycles. The summed E-state index contributed by atoms with van der Waals surface area (Å²) < 4.78 is 45.3. The number of likely N-dealkylation sites (tertiary alicyclic amines) is 2. The van der Waals surface area contributed by atoms with Gasteiger partial charge in [-0.1, -0.05) is 93.6 Å². The topological polar surface area (TPSA) is 266 Å². The maximum Gasteiger partial charge on any atom is 0.297 e. The predicted octanol–water partition coefficient (Wildman–Crippen LogP) is 12.0. The molecule has 3 N–H and O–H groups in total. The molecule has 14 rings (SSSR count). The fraction of sp³-hybridized carbons (Fsp3) is 0.521. The lowest BCUT2D eigenvalue weighted by molar-refractivity contribution is -0.131. The molecule has 28 heteroatoms. The predicted molar refractivity (Wildman–Crippen MR) is 404 cm³/mol. The molecule has 0 spiro atoms. The maximum absolute atomic E-state index is 12.2. The third kappa shape index (κ3) is 19.4. The van der Waals surface area contributed by atoms with E-state index in [9.17, 15) is 18.0 Å². The molecule has 24 nitrogen and oxygen atoms in total. The van der Waals surface area contributed by atoms with Crippen molar-refractivity contribution in [3.63, 3.8) is 0 Å². The molecule has 2 atom stereocenters. The van der Waals surface area contributed by atoms with Crippen LogP contribution in [0.4, 0.5) is 17.5 Å². The molecule has 0 radical (unpaired) electrons. The van der Waals surface area contributed by atoms with Crippen LogP contribution in [-0.2, 0) is 43.5 Å². The number of methoxy groups -OCH3 is 2. The van der Waals surface area contributed by atoms with Crippen molar-refractivity contribution in [2.24, 2.45) is 21.6 Å². The van der Waals surface area contributed by atoms with Gasteiger partial charge < -0.3 is 39.7 Å². The summed E-state index contributed by atoms with van der Waals surface area (Å²) in [6, 6.07) is 22.6. The van der Waals surface area contributed by atoms with E-state index >= 15 is 0 Å². The fourth-order valence-electron chi connectivity index (χ4n) is 13.0. The van der Waals surface area contributed by atoms with Crippen molar-refractivity contribution in [1.82, 2.24) is 59.3 Å². The number of hydrogen-bond donors (Lipinski definition) is 2. The summed E-state index contributed by atoms with van der Waals surface area (Å²) in [6.07, 6.45) is 15.3. The molecule has 540 valence electrons. The van der Waals surface area contributed by atoms with E-state index in [2.05, 4.69) is 90.4 Å². The van der Waals surface area contributed by atoms with Crippen LogP contribution in [-0.4, -0.2) is 181 Å². The van der Waals surface area contributed by atoms with Crippen molar-refractivity contribution < 1.29 is 31.7 Å². The number of benzene rings is 3. The van der Waals surface area contributed by atoms with Gasteiger partial charge in [-0.2, -0.15) is 13.5 Å². The molecule has 6 aliphatic rings. The number of amides is 2. The van der Waals surface area contributed by atoms with Gasteiger partial charge >= 0.3 is 0 Å². The van der Waals surface area contributed by atoms with E-state index in [1.54, 1.807) is 49.9 Å². The van der Waals surface area contributed by atoms with Crippen molar-refractivity contribution in [1.29, 1.82) is 0 Å². The van der Waals surface area contributed by atoms with Gasteiger partial charge in [0.1, 0.15) is 55.4 Å². The summed E-state index contributed by atoms with van der Waals surface area (Å²) in [5.41, 5.74) is 15.3. The molecule has 101 heavy (non-hydrogen) atoms. The second-order valence-corrected chi connectivity index (χ2v) is 33.0. The molecule has 0 saturated carbocycles. The zero-order valence-electron chi connectivity index (χ0n) is 59.8. The molecular weight excluding hydrogens is 1400 g/mol. The van der Waals surface area contributed by atoms with Gasteiger partial charge in [0, 0.05) is 90.1 Å². The summed E-state index contributed by atoms with van der Waals surface area (Å²) in [7, 11) is -0.420. The number of carbonyl (C=O) groups is 2. The number of aryl methyl sites for hydroxylation is 1. The summed E-state index contributed by atoms with van der Waals surface area (Å²) in [5.74, 6) is 4.60. The number of thioether (sulfide) groups is 1. The van der Waals surface area contributed by atoms with Crippen LogP contribution in [0.5, 0.6) is 11.5 Å². The average Bonchev–Trinajstić information content (AvgIpc) is 1.66. The third-order valence-corrected chi connectivity index (χ3v) is 23.3. The second-order valence-electron chi connectivity index (χ2n) is 29.0. The van der Waals surface area contributed by atoms with Crippen molar-refractivity contribution in [2.75, 3.05) is 94.4 Å². The van der Waals surface area contributed by atoms with E-state index in [1.807, 2.05) is 88.3 Å². The Hall–Kier alpha value is -7.63. The highest BCUT2D eigenvalue weighted by molar-refractivity contribution is 9.10. The quantitative estimate of drug-likeness (QED) is 0.0802. The van der Waals surface area contributed by atoms with Crippen molar-refractivity contribution >= 4 is 107 Å². The molecule has 11 heterocycles. The molecule has 2 unspecified atom stereocenters. The van der Waals surface area contributed by atoms with Crippen molar-refractivity contribution in [2.45, 2.75) is 161 Å². The Labute approximate surface area is 610 Å². The van der Waals surface area contributed by atoms with Gasteiger partial charge in [-0.25, -0.2) is 34.6 Å². The van der Waals surface area contributed by atoms with Gasteiger partial charge in [0.25, 0.3) is 10.1 Å². The Bertz CT molecular complexity index is 4380. The number of fused-ring (bicyclic) bond motifs is 3. The van der Waals surface area contributed by atoms with E-state index in [0.717, 1.165) is 186 Å². The number of nitrogens with two attached hydrogens (primary N) is 1. The highest BCUT2D eigenvalue weighted by Gasteiger charge is 2.33. The summed E-state index contributed by atoms with van der Waals surface area (Å²) in [4.78, 5) is 66.9. The van der Waals surface area contributed by atoms with Gasteiger partial charge in [0.15, 0.2) is 15.9 Å². The standard InChI is InChI=1S/C20H24BrN5O.C20H25N5OS.C19H28N6OS.C14H19NO4S/c1-20(2)8-10-25(11-9-20)16-12-22-17-18(21)24-26(19(17)23-16)13-14-4-6-15(27-3)7-5-14;1-20(2)8-10-24(11-9-20)16-12-21-17-18(22-16)25(23-19(17)27)13-14-4-6-15(26-3)7-5-14;1-13(26)25-7-3-4-14(12-25)27-18-17-15(10-22-18)23-16(11-21-17)24-8-5-19(2,20)6-9-24;1-11-5-7-14(8-6-11)20(17,18)19-13-4-3-9-15(10-13)12(2)16/h4-7,12H,8-11,13H2,1-3H3;4-7,12H,8-11,13H2,1-3H3,(H,23,27);11,14H,3-10,12,20H2,1-2H3;5-8,13H,3-4,9-10H2,1-2H3. The van der Waals surface area contributed by atoms with Gasteiger partial charge in [-0.05, 0) is 152 Å². The number of aliphatic imine (C=N–C) groups is 1. The molecule has 8 aromatic rings. The van der Waals surface area contributed by atoms with Crippen LogP contribution in [0.1, 0.15) is 141 Å². The molecule has 5 fully saturated rings. The number of piperidine rings is 5. The smallest absolute Gasteiger partial charge is 0.297 e. The number of ether oxygens (including phenoxy) is 2.